The van der Waals surface area contributed by atoms with Crippen LogP contribution in [-0.4, -0.2) is 78.8 Å². The predicted molar refractivity (Wildman–Crippen MR) is 169 cm³/mol. The molecule has 2 aliphatic carbocycles. The number of hydrogen-bond acceptors (Lipinski definition) is 6. The Morgan fingerprint density at radius 2 is 1.60 bits per heavy atom. The van der Waals surface area contributed by atoms with Crippen molar-refractivity contribution in [2.24, 2.45) is 23.7 Å². The van der Waals surface area contributed by atoms with E-state index in [0.717, 1.165) is 38.5 Å². The maximum absolute atomic E-state index is 13.8. The molecule has 0 saturated heterocycles. The van der Waals surface area contributed by atoms with E-state index in [1.807, 2.05) is 11.8 Å². The molecule has 242 valence electrons. The Balaban J connectivity index is 2.23. The van der Waals surface area contributed by atoms with Gasteiger partial charge in [-0.25, -0.2) is 13.4 Å². The van der Waals surface area contributed by atoms with E-state index in [0.29, 0.717) is 51.2 Å². The first-order valence-electron chi connectivity index (χ1n) is 16.4. The number of sulfonamides is 1. The van der Waals surface area contributed by atoms with Crippen LogP contribution in [0, 0.1) is 35.5 Å². The molecular formula is C32H58N4O5S. The second-order valence-corrected chi connectivity index (χ2v) is 14.9. The number of amides is 2. The van der Waals surface area contributed by atoms with E-state index in [4.69, 9.17) is 0 Å². The Morgan fingerprint density at radius 1 is 0.976 bits per heavy atom. The largest absolute Gasteiger partial charge is 0.390 e. The van der Waals surface area contributed by atoms with E-state index < -0.39 is 27.4 Å². The maximum Gasteiger partial charge on any atom is 0.226 e. The van der Waals surface area contributed by atoms with Gasteiger partial charge in [-0.2, -0.15) is 0 Å². The Kier molecular flexibility index (Phi) is 15.8. The Morgan fingerprint density at radius 3 is 2.14 bits per heavy atom. The number of rotatable bonds is 16. The molecule has 0 heterocycles. The summed E-state index contributed by atoms with van der Waals surface area (Å²) in [6.45, 7) is 12.9. The van der Waals surface area contributed by atoms with E-state index in [2.05, 4.69) is 35.8 Å². The molecule has 0 bridgehead atoms. The standard InChI is InChI=1S/C32H58N4O5S/c1-7-14-26-19-27(22-28(20-26)32(39)35(17-8-2)18-9-3)31(38)33-29(21-25-15-12-11-13-16-25)30(37)23-36(10-4)34-42(40,41)24(5)6/h24-30,34,37H,8-13,15-23H2,1-6H3,(H,33,38). The predicted octanol–water partition coefficient (Wildman–Crippen LogP) is 4.07. The average Bonchev–Trinajstić information content (AvgIpc) is 2.96. The number of hydrogen-bond donors (Lipinski definition) is 3. The van der Waals surface area contributed by atoms with Crippen molar-refractivity contribution in [2.75, 3.05) is 26.2 Å². The SMILES string of the molecule is CC#CC1CC(C(=O)NC(CC2CCCCC2)C(O)CN(CC)NS(=O)(=O)C(C)C)CC(C(=O)N(CCC)CCC)C1. The summed E-state index contributed by atoms with van der Waals surface area (Å²) in [6, 6.07) is -0.512. The van der Waals surface area contributed by atoms with Crippen molar-refractivity contribution in [3.63, 3.8) is 0 Å². The zero-order valence-electron chi connectivity index (χ0n) is 27.0. The van der Waals surface area contributed by atoms with Crippen LogP contribution in [0.2, 0.25) is 0 Å². The second kappa shape index (κ2) is 18.2. The topological polar surface area (TPSA) is 119 Å². The number of aliphatic hydroxyl groups excluding tert-OH is 1. The number of aliphatic hydroxyl groups is 1. The highest BCUT2D eigenvalue weighted by Crippen LogP contribution is 2.35. The van der Waals surface area contributed by atoms with Gasteiger partial charge in [0, 0.05) is 43.9 Å². The third-order valence-electron chi connectivity index (χ3n) is 8.84. The van der Waals surface area contributed by atoms with Crippen molar-refractivity contribution in [3.8, 4) is 11.8 Å². The van der Waals surface area contributed by atoms with Gasteiger partial charge in [-0.15, -0.1) is 16.7 Å². The molecule has 5 unspecified atom stereocenters. The van der Waals surface area contributed by atoms with E-state index in [1.165, 1.54) is 11.4 Å². The molecule has 0 aromatic rings. The van der Waals surface area contributed by atoms with Crippen LogP contribution in [0.3, 0.4) is 0 Å². The first-order chi connectivity index (χ1) is 19.9. The highest BCUT2D eigenvalue weighted by atomic mass is 32.2. The van der Waals surface area contributed by atoms with E-state index in [1.54, 1.807) is 20.8 Å². The van der Waals surface area contributed by atoms with Gasteiger partial charge in [0.2, 0.25) is 21.8 Å². The van der Waals surface area contributed by atoms with Crippen molar-refractivity contribution in [2.45, 2.75) is 130 Å². The molecule has 5 atom stereocenters. The zero-order chi connectivity index (χ0) is 31.3. The first kappa shape index (κ1) is 36.5. The second-order valence-electron chi connectivity index (χ2n) is 12.7. The molecule has 42 heavy (non-hydrogen) atoms. The lowest BCUT2D eigenvalue weighted by Crippen LogP contribution is -2.55. The molecule has 2 amide bonds. The average molecular weight is 611 g/mol. The fourth-order valence-electron chi connectivity index (χ4n) is 6.45. The zero-order valence-corrected chi connectivity index (χ0v) is 27.8. The Bertz CT molecular complexity index is 996. The van der Waals surface area contributed by atoms with Crippen molar-refractivity contribution in [3.05, 3.63) is 0 Å². The molecule has 0 aromatic heterocycles. The smallest absolute Gasteiger partial charge is 0.226 e. The summed E-state index contributed by atoms with van der Waals surface area (Å²) in [5.74, 6) is 5.97. The quantitative estimate of drug-likeness (QED) is 0.179. The summed E-state index contributed by atoms with van der Waals surface area (Å²) < 4.78 is 25.0. The number of carbonyl (C=O) groups is 2. The lowest BCUT2D eigenvalue weighted by molar-refractivity contribution is -0.139. The molecule has 10 heteroatoms. The fourth-order valence-corrected chi connectivity index (χ4v) is 7.23. The van der Waals surface area contributed by atoms with Gasteiger partial charge in [0.05, 0.1) is 17.4 Å². The highest BCUT2D eigenvalue weighted by molar-refractivity contribution is 7.90. The molecule has 0 aliphatic heterocycles. The van der Waals surface area contributed by atoms with Crippen molar-refractivity contribution in [1.29, 1.82) is 0 Å². The molecule has 2 rings (SSSR count). The maximum atomic E-state index is 13.8. The minimum absolute atomic E-state index is 0.0266. The molecule has 0 spiro atoms. The number of nitrogens with one attached hydrogen (secondary N) is 2. The number of nitrogens with zero attached hydrogens (tertiary/aromatic N) is 2. The third-order valence-corrected chi connectivity index (χ3v) is 10.6. The molecule has 2 saturated carbocycles. The van der Waals surface area contributed by atoms with Crippen LogP contribution in [0.1, 0.15) is 112 Å². The Labute approximate surface area is 256 Å². The minimum atomic E-state index is -3.56. The Hall–Kier alpha value is -1.67. The fraction of sp³-hybridized carbons (Fsp3) is 0.875. The van der Waals surface area contributed by atoms with Crippen molar-refractivity contribution >= 4 is 21.8 Å². The molecule has 3 N–H and O–H groups in total. The van der Waals surface area contributed by atoms with Gasteiger partial charge in [-0.1, -0.05) is 52.9 Å². The lowest BCUT2D eigenvalue weighted by Gasteiger charge is -2.37. The van der Waals surface area contributed by atoms with E-state index in [9.17, 15) is 23.1 Å². The number of carbonyl (C=O) groups excluding carboxylic acids is 2. The normalized spacial score (nSPS) is 23.2. The van der Waals surface area contributed by atoms with Crippen molar-refractivity contribution in [1.82, 2.24) is 20.1 Å². The van der Waals surface area contributed by atoms with Crippen LogP contribution in [0.4, 0.5) is 0 Å². The number of hydrazine groups is 1. The summed E-state index contributed by atoms with van der Waals surface area (Å²) in [6.07, 6.45) is 8.86. The highest BCUT2D eigenvalue weighted by Gasteiger charge is 2.38. The molecule has 0 aromatic carbocycles. The van der Waals surface area contributed by atoms with Crippen LogP contribution in [0.25, 0.3) is 0 Å². The molecular weight excluding hydrogens is 552 g/mol. The van der Waals surface area contributed by atoms with Crippen LogP contribution >= 0.6 is 0 Å². The third kappa shape index (κ3) is 11.4. The minimum Gasteiger partial charge on any atom is -0.390 e. The molecule has 2 fully saturated rings. The monoisotopic (exact) mass is 610 g/mol. The van der Waals surface area contributed by atoms with Gasteiger partial charge in [-0.05, 0) is 65.2 Å². The van der Waals surface area contributed by atoms with Crippen LogP contribution in [0.15, 0.2) is 0 Å². The summed E-state index contributed by atoms with van der Waals surface area (Å²) in [7, 11) is -3.56. The van der Waals surface area contributed by atoms with E-state index in [-0.39, 0.29) is 36.1 Å². The number of likely N-dealkylation sites (N-methyl/N-ethyl adjacent to an activating group) is 1. The van der Waals surface area contributed by atoms with Crippen LogP contribution in [-0.2, 0) is 19.6 Å². The first-order valence-corrected chi connectivity index (χ1v) is 18.0. The van der Waals surface area contributed by atoms with Gasteiger partial charge >= 0.3 is 0 Å². The van der Waals surface area contributed by atoms with E-state index >= 15 is 0 Å². The molecule has 9 nitrogen and oxygen atoms in total. The lowest BCUT2D eigenvalue weighted by atomic mass is 9.74. The summed E-state index contributed by atoms with van der Waals surface area (Å²) in [5.41, 5.74) is 0. The van der Waals surface area contributed by atoms with Crippen LogP contribution in [0.5, 0.6) is 0 Å². The van der Waals surface area contributed by atoms with Gasteiger partial charge in [-0.3, -0.25) is 9.59 Å². The molecule has 0 radical (unpaired) electrons. The summed E-state index contributed by atoms with van der Waals surface area (Å²) >= 11 is 0. The summed E-state index contributed by atoms with van der Waals surface area (Å²) in [4.78, 5) is 31.9. The van der Waals surface area contributed by atoms with Crippen molar-refractivity contribution < 1.29 is 23.1 Å². The molecule has 2 aliphatic rings. The van der Waals surface area contributed by atoms with Gasteiger partial charge in [0.1, 0.15) is 0 Å². The van der Waals surface area contributed by atoms with Gasteiger partial charge in [0.15, 0.2) is 0 Å². The van der Waals surface area contributed by atoms with Gasteiger partial charge in [0.25, 0.3) is 0 Å². The summed E-state index contributed by atoms with van der Waals surface area (Å²) in [5, 5.41) is 15.5. The van der Waals surface area contributed by atoms with Crippen LogP contribution < -0.4 is 10.1 Å². The van der Waals surface area contributed by atoms with Gasteiger partial charge < -0.3 is 15.3 Å².